The Labute approximate surface area is 162 Å². The molecule has 2 rings (SSSR count). The summed E-state index contributed by atoms with van der Waals surface area (Å²) in [6, 6.07) is 0. The average molecular weight is 516 g/mol. The molecule has 0 N–H and O–H groups in total. The van der Waals surface area contributed by atoms with E-state index in [0.717, 1.165) is 6.67 Å². The summed E-state index contributed by atoms with van der Waals surface area (Å²) in [5.41, 5.74) is 0.264. The fraction of sp³-hybridized carbons (Fsp3) is 0.600. The molecule has 2 aromatic heterocycles. The molecule has 2 heterocycles. The molecule has 0 aliphatic heterocycles. The van der Waals surface area contributed by atoms with Gasteiger partial charge in [-0.05, 0) is 41.5 Å². The van der Waals surface area contributed by atoms with Crippen LogP contribution in [-0.2, 0) is 17.7 Å². The van der Waals surface area contributed by atoms with Crippen LogP contribution in [0.2, 0.25) is 0 Å². The molecule has 6 heteroatoms. The molecule has 0 bridgehead atoms. The minimum atomic E-state index is 0. The largest absolute Gasteiger partial charge is 1.00 e. The van der Waals surface area contributed by atoms with Crippen LogP contribution in [0.15, 0.2) is 37.4 Å². The lowest BCUT2D eigenvalue weighted by Crippen LogP contribution is -3.00. The second-order valence-corrected chi connectivity index (χ2v) is 7.15. The van der Waals surface area contributed by atoms with Crippen LogP contribution in [0.25, 0.3) is 0 Å². The van der Waals surface area contributed by atoms with E-state index in [0.29, 0.717) is 0 Å². The number of rotatable bonds is 2. The predicted molar refractivity (Wildman–Crippen MR) is 74.6 cm³/mol. The Balaban J connectivity index is 0.00000200. The summed E-state index contributed by atoms with van der Waals surface area (Å²) in [6.07, 6.45) is 12.8. The molecule has 0 saturated heterocycles. The smallest absolute Gasteiger partial charge is 0.247 e. The van der Waals surface area contributed by atoms with Crippen molar-refractivity contribution in [3.05, 3.63) is 37.4 Å². The molecule has 120 valence electrons. The minimum Gasteiger partial charge on any atom is -1.00 e. The maximum Gasteiger partial charge on any atom is 0.247 e. The summed E-state index contributed by atoms with van der Waals surface area (Å²) in [7, 11) is 0. The van der Waals surface area contributed by atoms with Gasteiger partial charge in [0, 0.05) is 0 Å². The molecule has 0 spiro atoms. The summed E-state index contributed by atoms with van der Waals surface area (Å²) < 4.78 is 8.85. The summed E-state index contributed by atoms with van der Waals surface area (Å²) >= 11 is 0. The van der Waals surface area contributed by atoms with Gasteiger partial charge < -0.3 is 48.0 Å². The van der Waals surface area contributed by atoms with Gasteiger partial charge in [-0.3, -0.25) is 0 Å². The second kappa shape index (κ2) is 7.43. The van der Waals surface area contributed by atoms with Gasteiger partial charge in [0.1, 0.15) is 35.9 Å². The highest BCUT2D eigenvalue weighted by Crippen LogP contribution is 2.12. The molecule has 0 aliphatic rings. The Morgan fingerprint density at radius 1 is 0.714 bits per heavy atom. The number of hydrogen-bond donors (Lipinski definition) is 0. The average Bonchev–Trinajstić information content (AvgIpc) is 2.84. The molecule has 2 aromatic rings. The Bertz CT molecular complexity index is 508. The molecule has 0 aromatic carbocycles. The molecule has 0 saturated carbocycles. The molecule has 0 unspecified atom stereocenters. The molecule has 4 nitrogen and oxygen atoms in total. The van der Waals surface area contributed by atoms with Gasteiger partial charge in [-0.1, -0.05) is 0 Å². The maximum atomic E-state index is 2.23. The highest BCUT2D eigenvalue weighted by Gasteiger charge is 2.21. The molecular weight excluding hydrogens is 490 g/mol. The van der Waals surface area contributed by atoms with Gasteiger partial charge in [0.15, 0.2) is 0 Å². The van der Waals surface area contributed by atoms with E-state index in [4.69, 9.17) is 0 Å². The highest BCUT2D eigenvalue weighted by atomic mass is 127. The van der Waals surface area contributed by atoms with Crippen molar-refractivity contribution in [2.75, 3.05) is 0 Å². The van der Waals surface area contributed by atoms with Crippen molar-refractivity contribution in [3.8, 4) is 0 Å². The number of aromatic nitrogens is 4. The molecule has 0 radical (unpaired) electrons. The van der Waals surface area contributed by atoms with Crippen LogP contribution in [-0.4, -0.2) is 9.13 Å². The Morgan fingerprint density at radius 2 is 1.05 bits per heavy atom. The summed E-state index contributed by atoms with van der Waals surface area (Å²) in [5, 5.41) is 0. The third-order valence-electron chi connectivity index (χ3n) is 3.26. The molecule has 21 heavy (non-hydrogen) atoms. The zero-order chi connectivity index (χ0) is 14.3. The normalized spacial score (nSPS) is 11.7. The molecule has 0 fully saturated rings. The predicted octanol–water partition coefficient (Wildman–Crippen LogP) is -4.11. The van der Waals surface area contributed by atoms with Gasteiger partial charge in [0.2, 0.25) is 19.3 Å². The third-order valence-corrected chi connectivity index (χ3v) is 3.26. The molecule has 0 amide bonds. The van der Waals surface area contributed by atoms with Crippen LogP contribution >= 0.6 is 0 Å². The van der Waals surface area contributed by atoms with Crippen molar-refractivity contribution >= 4 is 0 Å². The first-order chi connectivity index (χ1) is 8.66. The Kier molecular flexibility index (Phi) is 7.39. The van der Waals surface area contributed by atoms with E-state index in [2.05, 4.69) is 97.3 Å². The second-order valence-electron chi connectivity index (χ2n) is 7.15. The van der Waals surface area contributed by atoms with Crippen LogP contribution < -0.4 is 57.1 Å². The lowest BCUT2D eigenvalue weighted by Gasteiger charge is -2.13. The number of nitrogens with zero attached hydrogens (tertiary/aromatic N) is 4. The minimum absolute atomic E-state index is 0. The first-order valence-corrected chi connectivity index (χ1v) is 6.81. The summed E-state index contributed by atoms with van der Waals surface area (Å²) in [4.78, 5) is 0. The van der Waals surface area contributed by atoms with E-state index < -0.39 is 0 Å². The van der Waals surface area contributed by atoms with Gasteiger partial charge in [0.25, 0.3) is 0 Å². The SMILES string of the molecule is CC(C)(C)n1cc[n+](C[n+]2ccn(C(C)(C)C)c2)c1.[I-].[I-]. The van der Waals surface area contributed by atoms with E-state index in [9.17, 15) is 0 Å². The monoisotopic (exact) mass is 516 g/mol. The van der Waals surface area contributed by atoms with Gasteiger partial charge in [-0.2, -0.15) is 9.13 Å². The first kappa shape index (κ1) is 20.9. The van der Waals surface area contributed by atoms with Gasteiger partial charge in [0.05, 0.1) is 0 Å². The lowest BCUT2D eigenvalue weighted by molar-refractivity contribution is -0.912. The van der Waals surface area contributed by atoms with Crippen LogP contribution in [0, 0.1) is 0 Å². The van der Waals surface area contributed by atoms with E-state index in [1.165, 1.54) is 0 Å². The van der Waals surface area contributed by atoms with Crippen molar-refractivity contribution in [2.24, 2.45) is 0 Å². The summed E-state index contributed by atoms with van der Waals surface area (Å²) in [5.74, 6) is 0. The number of halogens is 2. The molecule has 0 atom stereocenters. The number of imidazole rings is 2. The van der Waals surface area contributed by atoms with Gasteiger partial charge in [-0.15, -0.1) is 0 Å². The van der Waals surface area contributed by atoms with Crippen LogP contribution in [0.3, 0.4) is 0 Å². The molecular formula is C15H26I2N4. The van der Waals surface area contributed by atoms with Crippen LogP contribution in [0.5, 0.6) is 0 Å². The van der Waals surface area contributed by atoms with E-state index in [1.54, 1.807) is 0 Å². The van der Waals surface area contributed by atoms with E-state index in [1.807, 2.05) is 0 Å². The maximum absolute atomic E-state index is 2.23. The highest BCUT2D eigenvalue weighted by molar-refractivity contribution is 4.79. The topological polar surface area (TPSA) is 17.6 Å². The number of hydrogen-bond acceptors (Lipinski definition) is 0. The van der Waals surface area contributed by atoms with Crippen LogP contribution in [0.4, 0.5) is 0 Å². The Hall–Kier alpha value is -0.120. The van der Waals surface area contributed by atoms with Crippen molar-refractivity contribution in [2.45, 2.75) is 59.3 Å². The standard InChI is InChI=1S/C15H26N4.2HI/c1-14(2,3)18-9-7-16(12-18)11-17-8-10-19(13-17)15(4,5)6;;/h7-10,12-13H,11H2,1-6H3;2*1H/q+2;;/p-2. The lowest BCUT2D eigenvalue weighted by atomic mass is 10.1. The van der Waals surface area contributed by atoms with Crippen molar-refractivity contribution in [3.63, 3.8) is 0 Å². The van der Waals surface area contributed by atoms with Gasteiger partial charge >= 0.3 is 0 Å². The first-order valence-electron chi connectivity index (χ1n) is 6.81. The zero-order valence-electron chi connectivity index (χ0n) is 13.7. The molecule has 0 aliphatic carbocycles. The fourth-order valence-corrected chi connectivity index (χ4v) is 1.94. The van der Waals surface area contributed by atoms with Gasteiger partial charge in [-0.25, -0.2) is 9.13 Å². The van der Waals surface area contributed by atoms with E-state index in [-0.39, 0.29) is 59.0 Å². The van der Waals surface area contributed by atoms with Crippen molar-refractivity contribution < 1.29 is 57.1 Å². The zero-order valence-corrected chi connectivity index (χ0v) is 18.0. The van der Waals surface area contributed by atoms with E-state index >= 15 is 0 Å². The van der Waals surface area contributed by atoms with Crippen LogP contribution in [0.1, 0.15) is 41.5 Å². The fourth-order valence-electron chi connectivity index (χ4n) is 1.94. The quantitative estimate of drug-likeness (QED) is 0.286. The van der Waals surface area contributed by atoms with Crippen molar-refractivity contribution in [1.29, 1.82) is 0 Å². The Morgan fingerprint density at radius 3 is 1.29 bits per heavy atom. The third kappa shape index (κ3) is 5.54. The van der Waals surface area contributed by atoms with Crippen molar-refractivity contribution in [1.82, 2.24) is 9.13 Å². The summed E-state index contributed by atoms with van der Waals surface area (Å²) in [6.45, 7) is 14.1.